The molecule has 3 heterocycles. The lowest BCUT2D eigenvalue weighted by molar-refractivity contribution is -0.0312. The summed E-state index contributed by atoms with van der Waals surface area (Å²) in [4.78, 5) is 2.81. The second-order valence-electron chi connectivity index (χ2n) is 14.3. The van der Waals surface area contributed by atoms with Crippen LogP contribution in [0.15, 0.2) is 82.6 Å². The SMILES string of the molecule is O=S(=O)(c1cccc(-c2ccc(CN3CCC3)cc2)c1)N1CCC2(CC1)C[C@@H](NC[C@H](O)COc1cccc(S(=O)(=O)C3(CO)CC3)c1)CO2. The third-order valence-electron chi connectivity index (χ3n) is 10.8. The van der Waals surface area contributed by atoms with Crippen molar-refractivity contribution in [2.24, 2.45) is 0 Å². The Balaban J connectivity index is 0.876. The summed E-state index contributed by atoms with van der Waals surface area (Å²) >= 11 is 0. The van der Waals surface area contributed by atoms with Gasteiger partial charge in [-0.3, -0.25) is 4.90 Å². The topological polar surface area (TPSA) is 146 Å². The van der Waals surface area contributed by atoms with Gasteiger partial charge in [0.15, 0.2) is 9.84 Å². The molecule has 3 aromatic rings. The molecule has 0 radical (unpaired) electrons. The zero-order chi connectivity index (χ0) is 35.0. The molecule has 13 heteroatoms. The summed E-state index contributed by atoms with van der Waals surface area (Å²) < 4.78 is 65.7. The monoisotopic (exact) mass is 725 g/mol. The van der Waals surface area contributed by atoms with Gasteiger partial charge in [-0.1, -0.05) is 42.5 Å². The van der Waals surface area contributed by atoms with Crippen LogP contribution >= 0.6 is 0 Å². The Morgan fingerprint density at radius 3 is 2.28 bits per heavy atom. The minimum atomic E-state index is -3.68. The maximum absolute atomic E-state index is 13.7. The Labute approximate surface area is 295 Å². The first-order valence-corrected chi connectivity index (χ1v) is 20.5. The minimum absolute atomic E-state index is 0.00321. The molecule has 3 aliphatic heterocycles. The average Bonchev–Trinajstić information content (AvgIpc) is 3.84. The predicted molar refractivity (Wildman–Crippen MR) is 189 cm³/mol. The largest absolute Gasteiger partial charge is 0.491 e. The summed E-state index contributed by atoms with van der Waals surface area (Å²) in [5.74, 6) is 0.335. The smallest absolute Gasteiger partial charge is 0.243 e. The number of hydrogen-bond acceptors (Lipinski definition) is 10. The van der Waals surface area contributed by atoms with Crippen LogP contribution < -0.4 is 10.1 Å². The Morgan fingerprint density at radius 2 is 1.60 bits per heavy atom. The van der Waals surface area contributed by atoms with E-state index in [0.29, 0.717) is 62.4 Å². The molecule has 0 aromatic heterocycles. The Hall–Kier alpha value is -2.88. The number of ether oxygens (including phenoxy) is 2. The van der Waals surface area contributed by atoms with Gasteiger partial charge in [0.2, 0.25) is 10.0 Å². The summed E-state index contributed by atoms with van der Waals surface area (Å²) in [6.45, 7) is 4.27. The van der Waals surface area contributed by atoms with E-state index in [9.17, 15) is 27.0 Å². The van der Waals surface area contributed by atoms with Gasteiger partial charge in [0.1, 0.15) is 18.5 Å². The number of sulfone groups is 1. The summed E-state index contributed by atoms with van der Waals surface area (Å²) in [6.07, 6.45) is 3.18. The number of aliphatic hydroxyl groups excluding tert-OH is 2. The number of nitrogens with one attached hydrogen (secondary N) is 1. The molecule has 1 spiro atoms. The van der Waals surface area contributed by atoms with E-state index < -0.39 is 42.9 Å². The maximum Gasteiger partial charge on any atom is 0.243 e. The van der Waals surface area contributed by atoms with Crippen LogP contribution in [0.25, 0.3) is 11.1 Å². The highest BCUT2D eigenvalue weighted by molar-refractivity contribution is 7.93. The number of sulfonamides is 1. The average molecular weight is 726 g/mol. The number of piperidine rings is 1. The molecule has 4 fully saturated rings. The van der Waals surface area contributed by atoms with E-state index in [-0.39, 0.29) is 24.1 Å². The molecule has 3 aromatic carbocycles. The zero-order valence-electron chi connectivity index (χ0n) is 28.2. The van der Waals surface area contributed by atoms with Crippen LogP contribution in [0, 0.1) is 0 Å². The molecule has 1 aliphatic carbocycles. The summed E-state index contributed by atoms with van der Waals surface area (Å²) in [7, 11) is -7.35. The van der Waals surface area contributed by atoms with Crippen LogP contribution in [0.1, 0.15) is 44.1 Å². The van der Waals surface area contributed by atoms with E-state index in [2.05, 4.69) is 34.5 Å². The highest BCUT2D eigenvalue weighted by Gasteiger charge is 2.54. The second kappa shape index (κ2) is 14.3. The number of aliphatic hydroxyl groups is 2. The zero-order valence-corrected chi connectivity index (χ0v) is 29.9. The van der Waals surface area contributed by atoms with Crippen molar-refractivity contribution in [2.75, 3.05) is 52.5 Å². The summed E-state index contributed by atoms with van der Waals surface area (Å²) in [6, 6.07) is 21.8. The normalized spacial score (nSPS) is 22.6. The second-order valence-corrected chi connectivity index (χ2v) is 18.6. The van der Waals surface area contributed by atoms with Crippen LogP contribution in [0.2, 0.25) is 0 Å². The number of nitrogens with zero attached hydrogens (tertiary/aromatic N) is 2. The summed E-state index contributed by atoms with van der Waals surface area (Å²) in [5, 5.41) is 23.6. The standard InChI is InChI=1S/C37H47N3O8S2/c41-27-37(12-13-37)49(43,44)34-6-2-5-33(21-34)47-26-32(42)23-38-31-22-36(48-25-31)14-18-40(19-15-36)50(45,46)35-7-1-4-30(20-35)29-10-8-28(9-11-29)24-39-16-3-17-39/h1-2,4-11,20-21,31-32,38,41-42H,3,12-19,22-27H2/t31-,32+/m1/s1. The molecule has 3 N–H and O–H groups in total. The fourth-order valence-electron chi connectivity index (χ4n) is 7.23. The molecular weight excluding hydrogens is 679 g/mol. The lowest BCUT2D eigenvalue weighted by Gasteiger charge is -2.38. The van der Waals surface area contributed by atoms with Crippen molar-refractivity contribution in [3.8, 4) is 16.9 Å². The van der Waals surface area contributed by atoms with Crippen LogP contribution in [0.5, 0.6) is 5.75 Å². The van der Waals surface area contributed by atoms with Gasteiger partial charge in [-0.15, -0.1) is 0 Å². The highest BCUT2D eigenvalue weighted by Crippen LogP contribution is 2.46. The Morgan fingerprint density at radius 1 is 0.880 bits per heavy atom. The summed E-state index contributed by atoms with van der Waals surface area (Å²) in [5.41, 5.74) is 2.72. The Bertz CT molecular complexity index is 1870. The number of rotatable bonds is 14. The van der Waals surface area contributed by atoms with Crippen molar-refractivity contribution >= 4 is 19.9 Å². The molecule has 2 atom stereocenters. The van der Waals surface area contributed by atoms with Crippen LogP contribution in [0.4, 0.5) is 0 Å². The predicted octanol–water partition coefficient (Wildman–Crippen LogP) is 3.20. The van der Waals surface area contributed by atoms with Gasteiger partial charge < -0.3 is 25.0 Å². The van der Waals surface area contributed by atoms with Crippen molar-refractivity contribution < 1.29 is 36.5 Å². The molecule has 4 aliphatic rings. The molecular formula is C37H47N3O8S2. The molecule has 0 amide bonds. The van der Waals surface area contributed by atoms with Crippen molar-refractivity contribution in [3.05, 3.63) is 78.4 Å². The molecule has 3 saturated heterocycles. The van der Waals surface area contributed by atoms with Crippen LogP contribution in [-0.2, 0) is 31.1 Å². The van der Waals surface area contributed by atoms with E-state index in [1.165, 1.54) is 24.1 Å². The fraction of sp³-hybridized carbons (Fsp3) is 0.514. The molecule has 11 nitrogen and oxygen atoms in total. The number of benzene rings is 3. The van der Waals surface area contributed by atoms with E-state index in [1.54, 1.807) is 34.6 Å². The maximum atomic E-state index is 13.7. The van der Waals surface area contributed by atoms with E-state index in [0.717, 1.165) is 30.8 Å². The quantitative estimate of drug-likeness (QED) is 0.227. The van der Waals surface area contributed by atoms with Crippen molar-refractivity contribution in [1.82, 2.24) is 14.5 Å². The van der Waals surface area contributed by atoms with Gasteiger partial charge in [0.25, 0.3) is 0 Å². The van der Waals surface area contributed by atoms with Gasteiger partial charge >= 0.3 is 0 Å². The minimum Gasteiger partial charge on any atom is -0.491 e. The van der Waals surface area contributed by atoms with Gasteiger partial charge in [0.05, 0.1) is 33.4 Å². The van der Waals surface area contributed by atoms with Gasteiger partial charge in [0, 0.05) is 32.2 Å². The molecule has 0 bridgehead atoms. The van der Waals surface area contributed by atoms with Crippen LogP contribution in [-0.4, -0.2) is 111 Å². The lowest BCUT2D eigenvalue weighted by atomic mass is 9.88. The Kier molecular flexibility index (Phi) is 10.1. The lowest BCUT2D eigenvalue weighted by Crippen LogP contribution is -2.47. The molecule has 7 rings (SSSR count). The van der Waals surface area contributed by atoms with Crippen molar-refractivity contribution in [1.29, 1.82) is 0 Å². The molecule has 50 heavy (non-hydrogen) atoms. The first-order chi connectivity index (χ1) is 24.0. The third-order valence-corrected chi connectivity index (χ3v) is 15.3. The van der Waals surface area contributed by atoms with Crippen molar-refractivity contribution in [3.63, 3.8) is 0 Å². The van der Waals surface area contributed by atoms with Crippen LogP contribution in [0.3, 0.4) is 0 Å². The van der Waals surface area contributed by atoms with Crippen molar-refractivity contribution in [2.45, 2.75) is 77.4 Å². The molecule has 270 valence electrons. The van der Waals surface area contributed by atoms with Gasteiger partial charge in [-0.25, -0.2) is 16.8 Å². The highest BCUT2D eigenvalue weighted by atomic mass is 32.2. The first kappa shape index (κ1) is 35.5. The fourth-order valence-corrected chi connectivity index (χ4v) is 10.6. The number of likely N-dealkylation sites (tertiary alicyclic amines) is 1. The van der Waals surface area contributed by atoms with E-state index in [1.807, 2.05) is 6.07 Å². The third kappa shape index (κ3) is 7.38. The van der Waals surface area contributed by atoms with Gasteiger partial charge in [-0.05, 0) is 98.6 Å². The number of hydrogen-bond donors (Lipinski definition) is 3. The first-order valence-electron chi connectivity index (χ1n) is 17.6. The van der Waals surface area contributed by atoms with E-state index >= 15 is 0 Å². The van der Waals surface area contributed by atoms with E-state index in [4.69, 9.17) is 9.47 Å². The molecule has 0 unspecified atom stereocenters. The van der Waals surface area contributed by atoms with Gasteiger partial charge in [-0.2, -0.15) is 4.31 Å². The molecule has 1 saturated carbocycles.